The molecule has 0 aliphatic heterocycles. The van der Waals surface area contributed by atoms with Crippen molar-refractivity contribution in [2.45, 2.75) is 24.8 Å². The summed E-state index contributed by atoms with van der Waals surface area (Å²) in [6, 6.07) is 13.2. The molecule has 0 aromatic heterocycles. The first kappa shape index (κ1) is 10.2. The van der Waals surface area contributed by atoms with Gasteiger partial charge in [0.05, 0.1) is 12.0 Å². The van der Waals surface area contributed by atoms with Crippen molar-refractivity contribution in [1.29, 1.82) is 5.26 Å². The lowest BCUT2D eigenvalue weighted by molar-refractivity contribution is 0.317. The Morgan fingerprint density at radius 2 is 2.07 bits per heavy atom. The molecular formula is C13H16N2. The van der Waals surface area contributed by atoms with Crippen LogP contribution in [-0.4, -0.2) is 24.5 Å². The molecule has 2 nitrogen and oxygen atoms in total. The predicted octanol–water partition coefficient (Wildman–Crippen LogP) is 2.39. The smallest absolute Gasteiger partial charge is 0.0839 e. The minimum Gasteiger partial charge on any atom is -0.302 e. The first-order valence-corrected chi connectivity index (χ1v) is 5.46. The third kappa shape index (κ3) is 2.57. The normalized spacial score (nSPS) is 17.4. The van der Waals surface area contributed by atoms with Crippen LogP contribution >= 0.6 is 0 Å². The average molecular weight is 200 g/mol. The summed E-state index contributed by atoms with van der Waals surface area (Å²) in [4.78, 5) is 2.31. The van der Waals surface area contributed by atoms with Crippen molar-refractivity contribution in [3.05, 3.63) is 35.9 Å². The highest BCUT2D eigenvalue weighted by atomic mass is 15.2. The van der Waals surface area contributed by atoms with Crippen molar-refractivity contribution in [1.82, 2.24) is 4.90 Å². The van der Waals surface area contributed by atoms with Crippen LogP contribution in [0.15, 0.2) is 30.3 Å². The quantitative estimate of drug-likeness (QED) is 0.746. The van der Waals surface area contributed by atoms with Gasteiger partial charge in [0, 0.05) is 12.6 Å². The van der Waals surface area contributed by atoms with Gasteiger partial charge in [0.15, 0.2) is 0 Å². The zero-order chi connectivity index (χ0) is 10.7. The summed E-state index contributed by atoms with van der Waals surface area (Å²) in [5, 5.41) is 9.15. The summed E-state index contributed by atoms with van der Waals surface area (Å²) in [7, 11) is 2.12. The van der Waals surface area contributed by atoms with E-state index in [0.29, 0.717) is 0 Å². The van der Waals surface area contributed by atoms with Gasteiger partial charge in [-0.25, -0.2) is 0 Å². The molecule has 78 valence electrons. The van der Waals surface area contributed by atoms with Crippen molar-refractivity contribution in [2.75, 3.05) is 13.6 Å². The molecule has 0 saturated heterocycles. The fourth-order valence-corrected chi connectivity index (χ4v) is 1.86. The second kappa shape index (κ2) is 4.46. The van der Waals surface area contributed by atoms with E-state index < -0.39 is 0 Å². The van der Waals surface area contributed by atoms with Crippen molar-refractivity contribution in [2.24, 2.45) is 0 Å². The zero-order valence-electron chi connectivity index (χ0n) is 9.06. The van der Waals surface area contributed by atoms with E-state index in [9.17, 15) is 0 Å². The van der Waals surface area contributed by atoms with Crippen molar-refractivity contribution in [3.63, 3.8) is 0 Å². The van der Waals surface area contributed by atoms with Crippen LogP contribution in [0.1, 0.15) is 24.3 Å². The highest BCUT2D eigenvalue weighted by Gasteiger charge is 2.27. The number of nitrogens with zero attached hydrogens (tertiary/aromatic N) is 2. The molecule has 1 aliphatic carbocycles. The van der Waals surface area contributed by atoms with Gasteiger partial charge in [-0.05, 0) is 25.5 Å². The Morgan fingerprint density at radius 1 is 1.40 bits per heavy atom. The Hall–Kier alpha value is -1.33. The van der Waals surface area contributed by atoms with Gasteiger partial charge in [-0.3, -0.25) is 0 Å². The van der Waals surface area contributed by atoms with Crippen LogP contribution in [0.5, 0.6) is 0 Å². The summed E-state index contributed by atoms with van der Waals surface area (Å²) in [6.07, 6.45) is 2.59. The van der Waals surface area contributed by atoms with Crippen LogP contribution in [0.3, 0.4) is 0 Å². The lowest BCUT2D eigenvalue weighted by Crippen LogP contribution is -2.26. The van der Waals surface area contributed by atoms with Gasteiger partial charge in [-0.2, -0.15) is 5.26 Å². The standard InChI is InChI=1S/C13H16N2/c1-15(13-7-8-13)10-12(9-14)11-5-3-2-4-6-11/h2-6,12-13H,7-8,10H2,1H3. The minimum atomic E-state index is 0.0109. The number of hydrogen-bond acceptors (Lipinski definition) is 2. The fraction of sp³-hybridized carbons (Fsp3) is 0.462. The van der Waals surface area contributed by atoms with E-state index in [0.717, 1.165) is 18.2 Å². The van der Waals surface area contributed by atoms with Gasteiger partial charge in [-0.15, -0.1) is 0 Å². The van der Waals surface area contributed by atoms with E-state index in [4.69, 9.17) is 5.26 Å². The van der Waals surface area contributed by atoms with Crippen molar-refractivity contribution < 1.29 is 0 Å². The molecule has 15 heavy (non-hydrogen) atoms. The zero-order valence-corrected chi connectivity index (χ0v) is 9.06. The third-order valence-electron chi connectivity index (χ3n) is 3.00. The van der Waals surface area contributed by atoms with Gasteiger partial charge in [0.25, 0.3) is 0 Å². The minimum absolute atomic E-state index is 0.0109. The first-order valence-electron chi connectivity index (χ1n) is 5.46. The fourth-order valence-electron chi connectivity index (χ4n) is 1.86. The molecular weight excluding hydrogens is 184 g/mol. The molecule has 1 unspecified atom stereocenters. The maximum atomic E-state index is 9.15. The molecule has 2 rings (SSSR count). The Labute approximate surface area is 91.1 Å². The van der Waals surface area contributed by atoms with Gasteiger partial charge in [0.1, 0.15) is 0 Å². The van der Waals surface area contributed by atoms with E-state index in [1.54, 1.807) is 0 Å². The van der Waals surface area contributed by atoms with Gasteiger partial charge < -0.3 is 4.90 Å². The van der Waals surface area contributed by atoms with Crippen molar-refractivity contribution in [3.8, 4) is 6.07 Å². The Morgan fingerprint density at radius 3 is 2.60 bits per heavy atom. The summed E-state index contributed by atoms with van der Waals surface area (Å²) in [5.41, 5.74) is 1.13. The van der Waals surface area contributed by atoms with Crippen LogP contribution in [0, 0.1) is 11.3 Å². The highest BCUT2D eigenvalue weighted by molar-refractivity contribution is 5.25. The molecule has 1 fully saturated rings. The number of likely N-dealkylation sites (N-methyl/N-ethyl adjacent to an activating group) is 1. The summed E-state index contributed by atoms with van der Waals surface area (Å²) in [5.74, 6) is 0.0109. The summed E-state index contributed by atoms with van der Waals surface area (Å²) >= 11 is 0. The molecule has 0 heterocycles. The maximum absolute atomic E-state index is 9.15. The molecule has 1 aromatic carbocycles. The van der Waals surface area contributed by atoms with E-state index in [1.807, 2.05) is 30.3 Å². The molecule has 1 aromatic rings. The van der Waals surface area contributed by atoms with Crippen molar-refractivity contribution >= 4 is 0 Å². The molecule has 1 aliphatic rings. The van der Waals surface area contributed by atoms with Gasteiger partial charge in [-0.1, -0.05) is 30.3 Å². The molecule has 2 heteroatoms. The van der Waals surface area contributed by atoms with Crippen LogP contribution in [0.2, 0.25) is 0 Å². The largest absolute Gasteiger partial charge is 0.302 e. The molecule has 0 radical (unpaired) electrons. The van der Waals surface area contributed by atoms with Crippen LogP contribution in [0.4, 0.5) is 0 Å². The molecule has 1 saturated carbocycles. The monoisotopic (exact) mass is 200 g/mol. The summed E-state index contributed by atoms with van der Waals surface area (Å²) < 4.78 is 0. The lowest BCUT2D eigenvalue weighted by atomic mass is 10.0. The average Bonchev–Trinajstić information content (AvgIpc) is 3.10. The van der Waals surface area contributed by atoms with Crippen LogP contribution in [-0.2, 0) is 0 Å². The van der Waals surface area contributed by atoms with Crippen LogP contribution in [0.25, 0.3) is 0 Å². The lowest BCUT2D eigenvalue weighted by Gasteiger charge is -2.19. The second-order valence-corrected chi connectivity index (χ2v) is 4.26. The van der Waals surface area contributed by atoms with E-state index in [-0.39, 0.29) is 5.92 Å². The topological polar surface area (TPSA) is 27.0 Å². The number of hydrogen-bond donors (Lipinski definition) is 0. The van der Waals surface area contributed by atoms with E-state index in [2.05, 4.69) is 18.0 Å². The summed E-state index contributed by atoms with van der Waals surface area (Å²) in [6.45, 7) is 0.852. The highest BCUT2D eigenvalue weighted by Crippen LogP contribution is 2.27. The van der Waals surface area contributed by atoms with E-state index in [1.165, 1.54) is 12.8 Å². The maximum Gasteiger partial charge on any atom is 0.0839 e. The van der Waals surface area contributed by atoms with Crippen LogP contribution < -0.4 is 0 Å². The van der Waals surface area contributed by atoms with Gasteiger partial charge in [0.2, 0.25) is 0 Å². The third-order valence-corrected chi connectivity index (χ3v) is 3.00. The molecule has 0 amide bonds. The van der Waals surface area contributed by atoms with Gasteiger partial charge >= 0.3 is 0 Å². The molecule has 0 N–H and O–H groups in total. The Kier molecular flexibility index (Phi) is 3.03. The number of rotatable bonds is 4. The Bertz CT molecular complexity index is 349. The molecule has 0 bridgehead atoms. The first-order chi connectivity index (χ1) is 7.31. The Balaban J connectivity index is 2.01. The molecule has 1 atom stereocenters. The second-order valence-electron chi connectivity index (χ2n) is 4.26. The van der Waals surface area contributed by atoms with E-state index >= 15 is 0 Å². The number of nitriles is 1. The number of benzene rings is 1. The molecule has 0 spiro atoms. The SMILES string of the molecule is CN(CC(C#N)c1ccccc1)C1CC1. The predicted molar refractivity (Wildman–Crippen MR) is 60.4 cm³/mol.